The van der Waals surface area contributed by atoms with Gasteiger partial charge in [-0.25, -0.2) is 0 Å². The van der Waals surface area contributed by atoms with Crippen LogP contribution in [-0.4, -0.2) is 15.0 Å². The first-order valence-corrected chi connectivity index (χ1v) is 13.8. The SMILES string of the molecule is CCCCCCCCCCCCCCCCCCCCCCCC(I)C(=O)O. The number of halogens is 1. The lowest BCUT2D eigenvalue weighted by Crippen LogP contribution is -2.11. The van der Waals surface area contributed by atoms with Crippen molar-refractivity contribution in [3.8, 4) is 0 Å². The second-order valence-corrected chi connectivity index (χ2v) is 10.2. The molecule has 0 radical (unpaired) electrons. The fourth-order valence-electron chi connectivity index (χ4n) is 3.88. The van der Waals surface area contributed by atoms with Crippen LogP contribution in [0.15, 0.2) is 0 Å². The largest absolute Gasteiger partial charge is 0.480 e. The van der Waals surface area contributed by atoms with Crippen molar-refractivity contribution in [2.24, 2.45) is 0 Å². The molecule has 0 aromatic heterocycles. The van der Waals surface area contributed by atoms with Gasteiger partial charge in [0.15, 0.2) is 0 Å². The zero-order valence-electron chi connectivity index (χ0n) is 18.9. The van der Waals surface area contributed by atoms with Gasteiger partial charge in [-0.2, -0.15) is 0 Å². The maximum Gasteiger partial charge on any atom is 0.316 e. The van der Waals surface area contributed by atoms with Gasteiger partial charge in [0.25, 0.3) is 0 Å². The van der Waals surface area contributed by atoms with Crippen LogP contribution in [0.2, 0.25) is 0 Å². The number of aliphatic carboxylic acids is 1. The Morgan fingerprint density at radius 1 is 0.571 bits per heavy atom. The first-order chi connectivity index (χ1) is 13.7. The van der Waals surface area contributed by atoms with Gasteiger partial charge in [-0.3, -0.25) is 4.79 Å². The van der Waals surface area contributed by atoms with Crippen LogP contribution in [0, 0.1) is 0 Å². The number of hydrogen-bond acceptors (Lipinski definition) is 1. The monoisotopic (exact) mass is 508 g/mol. The van der Waals surface area contributed by atoms with E-state index in [0.717, 1.165) is 12.8 Å². The number of alkyl halides is 1. The molecule has 0 aliphatic heterocycles. The van der Waals surface area contributed by atoms with Crippen molar-refractivity contribution in [1.82, 2.24) is 0 Å². The topological polar surface area (TPSA) is 37.3 Å². The van der Waals surface area contributed by atoms with Gasteiger partial charge in [-0.05, 0) is 6.42 Å². The van der Waals surface area contributed by atoms with Crippen molar-refractivity contribution in [3.63, 3.8) is 0 Å². The van der Waals surface area contributed by atoms with Crippen molar-refractivity contribution >= 4 is 28.6 Å². The Balaban J connectivity index is 3.04. The highest BCUT2D eigenvalue weighted by atomic mass is 127. The molecule has 0 aromatic rings. The second-order valence-electron chi connectivity index (χ2n) is 8.67. The quantitative estimate of drug-likeness (QED) is 0.0848. The molecule has 0 aliphatic carbocycles. The van der Waals surface area contributed by atoms with Gasteiger partial charge in [-0.15, -0.1) is 0 Å². The van der Waals surface area contributed by atoms with Crippen LogP contribution in [0.1, 0.15) is 148 Å². The standard InChI is InChI=1S/C25H49IO2/c1-2-3-4-5-6-7-8-9-10-11-12-13-14-15-16-17-18-19-20-21-22-23-24(26)25(27)28/h24H,2-23H2,1H3,(H,27,28). The fourth-order valence-corrected chi connectivity index (χ4v) is 4.32. The summed E-state index contributed by atoms with van der Waals surface area (Å²) in [5.41, 5.74) is 0. The molecule has 1 atom stereocenters. The lowest BCUT2D eigenvalue weighted by molar-refractivity contribution is -0.136. The van der Waals surface area contributed by atoms with Gasteiger partial charge in [-0.1, -0.05) is 164 Å². The maximum atomic E-state index is 10.7. The minimum absolute atomic E-state index is 0.196. The van der Waals surface area contributed by atoms with E-state index in [1.54, 1.807) is 0 Å². The Bertz CT molecular complexity index is 320. The molecule has 0 bridgehead atoms. The van der Waals surface area contributed by atoms with Crippen LogP contribution < -0.4 is 0 Å². The van der Waals surface area contributed by atoms with Crippen molar-refractivity contribution in [3.05, 3.63) is 0 Å². The predicted octanol–water partition coefficient (Wildman–Crippen LogP) is 9.48. The highest BCUT2D eigenvalue weighted by Crippen LogP contribution is 2.16. The summed E-state index contributed by atoms with van der Waals surface area (Å²) >= 11 is 2.04. The first-order valence-electron chi connectivity index (χ1n) is 12.5. The summed E-state index contributed by atoms with van der Waals surface area (Å²) in [7, 11) is 0. The molecule has 3 heteroatoms. The average Bonchev–Trinajstić information content (AvgIpc) is 2.68. The number of carboxylic acids is 1. The molecule has 0 spiro atoms. The Hall–Kier alpha value is 0.200. The van der Waals surface area contributed by atoms with Crippen LogP contribution >= 0.6 is 22.6 Å². The number of hydrogen-bond donors (Lipinski definition) is 1. The van der Waals surface area contributed by atoms with E-state index in [1.807, 2.05) is 22.6 Å². The molecule has 0 aromatic carbocycles. The van der Waals surface area contributed by atoms with Gasteiger partial charge < -0.3 is 5.11 Å². The molecule has 168 valence electrons. The predicted molar refractivity (Wildman–Crippen MR) is 133 cm³/mol. The summed E-state index contributed by atoms with van der Waals surface area (Å²) in [6, 6.07) is 0. The van der Waals surface area contributed by atoms with E-state index in [2.05, 4.69) is 6.92 Å². The molecule has 0 saturated heterocycles. The van der Waals surface area contributed by atoms with E-state index in [1.165, 1.54) is 128 Å². The van der Waals surface area contributed by atoms with E-state index < -0.39 is 5.97 Å². The number of rotatable bonds is 23. The van der Waals surface area contributed by atoms with Crippen LogP contribution in [0.4, 0.5) is 0 Å². The summed E-state index contributed by atoms with van der Waals surface area (Å²) in [5, 5.41) is 8.84. The van der Waals surface area contributed by atoms with E-state index >= 15 is 0 Å². The second kappa shape index (κ2) is 23.5. The van der Waals surface area contributed by atoms with Crippen LogP contribution in [0.3, 0.4) is 0 Å². The number of unbranched alkanes of at least 4 members (excludes halogenated alkanes) is 20. The summed E-state index contributed by atoms with van der Waals surface area (Å²) in [6.45, 7) is 2.29. The van der Waals surface area contributed by atoms with Crippen LogP contribution in [-0.2, 0) is 4.79 Å². The maximum absolute atomic E-state index is 10.7. The van der Waals surface area contributed by atoms with Crippen molar-refractivity contribution < 1.29 is 9.90 Å². The fraction of sp³-hybridized carbons (Fsp3) is 0.960. The van der Waals surface area contributed by atoms with E-state index in [-0.39, 0.29) is 3.92 Å². The first kappa shape index (κ1) is 28.2. The van der Waals surface area contributed by atoms with Crippen molar-refractivity contribution in [2.75, 3.05) is 0 Å². The van der Waals surface area contributed by atoms with Crippen LogP contribution in [0.5, 0.6) is 0 Å². The van der Waals surface area contributed by atoms with Gasteiger partial charge in [0.05, 0.1) is 0 Å². The van der Waals surface area contributed by atoms with E-state index in [9.17, 15) is 4.79 Å². The lowest BCUT2D eigenvalue weighted by Gasteiger charge is -2.05. The smallest absolute Gasteiger partial charge is 0.316 e. The van der Waals surface area contributed by atoms with Gasteiger partial charge in [0, 0.05) is 0 Å². The molecule has 1 unspecified atom stereocenters. The molecule has 2 nitrogen and oxygen atoms in total. The Morgan fingerprint density at radius 2 is 0.821 bits per heavy atom. The van der Waals surface area contributed by atoms with E-state index in [4.69, 9.17) is 5.11 Å². The summed E-state index contributed by atoms with van der Waals surface area (Å²) in [6.07, 6.45) is 30.1. The third-order valence-electron chi connectivity index (χ3n) is 5.83. The summed E-state index contributed by atoms with van der Waals surface area (Å²) in [4.78, 5) is 10.7. The molecule has 0 saturated carbocycles. The third kappa shape index (κ3) is 22.5. The summed E-state index contributed by atoms with van der Waals surface area (Å²) < 4.78 is -0.196. The molecule has 0 aliphatic rings. The number of carboxylic acid groups (broad SMARTS) is 1. The normalized spacial score (nSPS) is 12.4. The molecule has 0 rings (SSSR count). The highest BCUT2D eigenvalue weighted by molar-refractivity contribution is 14.1. The lowest BCUT2D eigenvalue weighted by atomic mass is 10.0. The van der Waals surface area contributed by atoms with Crippen LogP contribution in [0.25, 0.3) is 0 Å². The van der Waals surface area contributed by atoms with Gasteiger partial charge in [0.2, 0.25) is 0 Å². The Labute approximate surface area is 190 Å². The van der Waals surface area contributed by atoms with Crippen molar-refractivity contribution in [1.29, 1.82) is 0 Å². The minimum Gasteiger partial charge on any atom is -0.480 e. The van der Waals surface area contributed by atoms with E-state index in [0.29, 0.717) is 0 Å². The molecular weight excluding hydrogens is 459 g/mol. The highest BCUT2D eigenvalue weighted by Gasteiger charge is 2.11. The van der Waals surface area contributed by atoms with Crippen molar-refractivity contribution in [2.45, 2.75) is 152 Å². The van der Waals surface area contributed by atoms with Gasteiger partial charge in [0.1, 0.15) is 3.92 Å². The Morgan fingerprint density at radius 3 is 1.07 bits per heavy atom. The molecule has 0 amide bonds. The molecule has 0 fully saturated rings. The average molecular weight is 509 g/mol. The number of carbonyl (C=O) groups is 1. The summed E-state index contributed by atoms with van der Waals surface area (Å²) in [5.74, 6) is -0.659. The molecule has 1 N–H and O–H groups in total. The Kier molecular flexibility index (Phi) is 23.6. The zero-order chi connectivity index (χ0) is 20.7. The third-order valence-corrected chi connectivity index (χ3v) is 6.98. The minimum atomic E-state index is -0.659. The molecule has 0 heterocycles. The van der Waals surface area contributed by atoms with Gasteiger partial charge >= 0.3 is 5.97 Å². The molecular formula is C25H49IO2. The zero-order valence-corrected chi connectivity index (χ0v) is 21.0. The molecule has 28 heavy (non-hydrogen) atoms.